The molecule has 0 atom stereocenters. The highest BCUT2D eigenvalue weighted by molar-refractivity contribution is 5.88. The lowest BCUT2D eigenvalue weighted by Crippen LogP contribution is -2.29. The second kappa shape index (κ2) is 9.66. The Labute approximate surface area is 196 Å². The van der Waals surface area contributed by atoms with Gasteiger partial charge in [-0.2, -0.15) is 0 Å². The van der Waals surface area contributed by atoms with E-state index in [1.807, 2.05) is 60.8 Å². The molecule has 1 aliphatic rings. The van der Waals surface area contributed by atoms with E-state index in [4.69, 9.17) is 18.9 Å². The van der Waals surface area contributed by atoms with Crippen LogP contribution in [0.5, 0.6) is 0 Å². The summed E-state index contributed by atoms with van der Waals surface area (Å²) in [4.78, 5) is 28.9. The maximum absolute atomic E-state index is 12.1. The van der Waals surface area contributed by atoms with Crippen LogP contribution in [-0.2, 0) is 18.9 Å². The molecule has 0 saturated heterocycles. The van der Waals surface area contributed by atoms with Crippen LogP contribution in [0, 0.1) is 0 Å². The largest absolute Gasteiger partial charge is 0.513 e. The molecule has 8 heteroatoms. The van der Waals surface area contributed by atoms with Crippen molar-refractivity contribution in [2.75, 3.05) is 14.2 Å². The van der Waals surface area contributed by atoms with Crippen LogP contribution >= 0.6 is 0 Å². The summed E-state index contributed by atoms with van der Waals surface area (Å²) in [5.74, 6) is -0.251. The Morgan fingerprint density at radius 3 is 2.03 bits per heavy atom. The Kier molecular flexibility index (Phi) is 6.49. The number of fused-ring (bicyclic) bond motifs is 1. The summed E-state index contributed by atoms with van der Waals surface area (Å²) in [6, 6.07) is 17.5. The second-order valence-electron chi connectivity index (χ2n) is 7.65. The molecule has 0 fully saturated rings. The highest BCUT2D eigenvalue weighted by atomic mass is 16.7. The molecule has 0 amide bonds. The van der Waals surface area contributed by atoms with Crippen molar-refractivity contribution in [2.24, 2.45) is 0 Å². The first-order valence-electron chi connectivity index (χ1n) is 10.6. The lowest BCUT2D eigenvalue weighted by Gasteiger charge is -2.30. The summed E-state index contributed by atoms with van der Waals surface area (Å²) in [6.45, 7) is 3.53. The van der Waals surface area contributed by atoms with Gasteiger partial charge in [-0.05, 0) is 37.1 Å². The molecule has 0 aliphatic carbocycles. The van der Waals surface area contributed by atoms with Crippen LogP contribution in [0.2, 0.25) is 0 Å². The molecule has 0 radical (unpaired) electrons. The number of nitrogens with zero attached hydrogens (tertiary/aromatic N) is 1. The third-order valence-electron chi connectivity index (χ3n) is 5.54. The van der Waals surface area contributed by atoms with Crippen molar-refractivity contribution in [3.05, 3.63) is 89.3 Å². The van der Waals surface area contributed by atoms with Gasteiger partial charge in [0.1, 0.15) is 17.4 Å². The normalized spacial score (nSPS) is 14.0. The minimum atomic E-state index is -0.888. The average molecular weight is 460 g/mol. The Hall–Kier alpha value is -4.33. The van der Waals surface area contributed by atoms with Crippen molar-refractivity contribution in [1.82, 2.24) is 10.3 Å². The Morgan fingerprint density at radius 2 is 1.44 bits per heavy atom. The highest BCUT2D eigenvalue weighted by Gasteiger charge is 2.36. The topological polar surface area (TPSA) is 96.0 Å². The molecule has 0 bridgehead atoms. The fourth-order valence-corrected chi connectivity index (χ4v) is 3.99. The van der Waals surface area contributed by atoms with E-state index in [1.165, 1.54) is 14.2 Å². The van der Waals surface area contributed by atoms with E-state index < -0.39 is 18.2 Å². The van der Waals surface area contributed by atoms with Gasteiger partial charge in [-0.3, -0.25) is 4.98 Å². The molecule has 8 nitrogen and oxygen atoms in total. The summed E-state index contributed by atoms with van der Waals surface area (Å²) in [5.41, 5.74) is 4.56. The van der Waals surface area contributed by atoms with E-state index in [9.17, 15) is 9.59 Å². The van der Waals surface area contributed by atoms with E-state index >= 15 is 0 Å². The fraction of sp³-hybridized carbons (Fsp3) is 0.192. The number of benzene rings is 2. The van der Waals surface area contributed by atoms with Gasteiger partial charge in [0.2, 0.25) is 0 Å². The maximum Gasteiger partial charge on any atom is 0.513 e. The van der Waals surface area contributed by atoms with E-state index in [0.29, 0.717) is 11.4 Å². The Bertz CT molecular complexity index is 1270. The van der Waals surface area contributed by atoms with Crippen LogP contribution in [0.4, 0.5) is 9.59 Å². The summed E-state index contributed by atoms with van der Waals surface area (Å²) in [5, 5.41) is 3.91. The third kappa shape index (κ3) is 4.43. The van der Waals surface area contributed by atoms with Crippen LogP contribution in [0.25, 0.3) is 22.0 Å². The number of dihydropyridines is 1. The first-order valence-corrected chi connectivity index (χ1v) is 10.6. The number of carbonyl (C=O) groups is 2. The predicted molar refractivity (Wildman–Crippen MR) is 125 cm³/mol. The third-order valence-corrected chi connectivity index (χ3v) is 5.54. The molecule has 1 aromatic heterocycles. The van der Waals surface area contributed by atoms with Crippen molar-refractivity contribution in [3.8, 4) is 11.1 Å². The van der Waals surface area contributed by atoms with Crippen molar-refractivity contribution >= 4 is 23.2 Å². The first kappa shape index (κ1) is 22.8. The summed E-state index contributed by atoms with van der Waals surface area (Å²) >= 11 is 0. The number of ether oxygens (including phenoxy) is 4. The number of nitrogens with one attached hydrogen (secondary N) is 1. The summed E-state index contributed by atoms with van der Waals surface area (Å²) in [6.07, 6.45) is 0.0342. The van der Waals surface area contributed by atoms with Crippen LogP contribution in [0.1, 0.15) is 25.3 Å². The zero-order valence-electron chi connectivity index (χ0n) is 19.2. The van der Waals surface area contributed by atoms with Gasteiger partial charge in [0, 0.05) is 17.1 Å². The molecule has 0 saturated carbocycles. The van der Waals surface area contributed by atoms with Crippen molar-refractivity contribution < 1.29 is 28.5 Å². The molecule has 1 aliphatic heterocycles. The average Bonchev–Trinajstić information content (AvgIpc) is 2.86. The van der Waals surface area contributed by atoms with Crippen LogP contribution in [0.15, 0.2) is 83.7 Å². The quantitative estimate of drug-likeness (QED) is 0.502. The maximum atomic E-state index is 12.1. The number of hydrogen-bond acceptors (Lipinski definition) is 8. The fourth-order valence-electron chi connectivity index (χ4n) is 3.99. The lowest BCUT2D eigenvalue weighted by molar-refractivity contribution is 0.0786. The highest BCUT2D eigenvalue weighted by Crippen LogP contribution is 2.42. The molecule has 1 N–H and O–H groups in total. The number of hydrogen-bond donors (Lipinski definition) is 1. The zero-order valence-corrected chi connectivity index (χ0v) is 19.2. The summed E-state index contributed by atoms with van der Waals surface area (Å²) in [7, 11) is 2.45. The number of allylic oxidation sites excluding steroid dienone is 2. The van der Waals surface area contributed by atoms with Crippen molar-refractivity contribution in [1.29, 1.82) is 0 Å². The van der Waals surface area contributed by atoms with E-state index in [0.717, 1.165) is 27.6 Å². The molecule has 4 rings (SSSR count). The lowest BCUT2D eigenvalue weighted by atomic mass is 9.87. The number of pyridine rings is 1. The van der Waals surface area contributed by atoms with E-state index in [-0.39, 0.29) is 11.5 Å². The first-order chi connectivity index (χ1) is 16.4. The van der Waals surface area contributed by atoms with Gasteiger partial charge in [0.15, 0.2) is 0 Å². The van der Waals surface area contributed by atoms with Gasteiger partial charge in [-0.15, -0.1) is 0 Å². The zero-order chi connectivity index (χ0) is 24.2. The van der Waals surface area contributed by atoms with Crippen LogP contribution in [-0.4, -0.2) is 31.5 Å². The Balaban J connectivity index is 1.94. The van der Waals surface area contributed by atoms with Crippen LogP contribution in [0.3, 0.4) is 0 Å². The molecule has 174 valence electrons. The molecule has 3 aromatic rings. The van der Waals surface area contributed by atoms with Gasteiger partial charge in [-0.25, -0.2) is 9.59 Å². The molecule has 0 spiro atoms. The standard InChI is InChI=1S/C26H24N2O6/c1-15-23(33-25(29)31-3)22(24(16(2)28-15)34-26(30)32-4)19-11-8-12-21-20(19)13-18(14-27-21)17-9-6-5-7-10-17/h5-14,22,28H,1-4H3. The van der Waals surface area contributed by atoms with E-state index in [2.05, 4.69) is 10.3 Å². The number of rotatable bonds is 4. The molecule has 0 unspecified atom stereocenters. The van der Waals surface area contributed by atoms with Gasteiger partial charge in [0.05, 0.1) is 31.1 Å². The number of carbonyl (C=O) groups excluding carboxylic acids is 2. The van der Waals surface area contributed by atoms with Gasteiger partial charge >= 0.3 is 12.3 Å². The van der Waals surface area contributed by atoms with Crippen molar-refractivity contribution in [2.45, 2.75) is 19.8 Å². The van der Waals surface area contributed by atoms with Gasteiger partial charge in [-0.1, -0.05) is 42.5 Å². The smallest absolute Gasteiger partial charge is 0.437 e. The number of methoxy groups -OCH3 is 2. The monoisotopic (exact) mass is 460 g/mol. The minimum absolute atomic E-state index is 0.244. The summed E-state index contributed by atoms with van der Waals surface area (Å²) < 4.78 is 20.6. The van der Waals surface area contributed by atoms with Crippen molar-refractivity contribution in [3.63, 3.8) is 0 Å². The van der Waals surface area contributed by atoms with E-state index in [1.54, 1.807) is 13.8 Å². The SMILES string of the molecule is COC(=O)OC1=C(C)NC(C)=C(OC(=O)OC)C1c1cccc2ncc(-c3ccccc3)cc12. The molecule has 2 aromatic carbocycles. The second-order valence-corrected chi connectivity index (χ2v) is 7.65. The minimum Gasteiger partial charge on any atom is -0.437 e. The molecular formula is C26H24N2O6. The molecule has 34 heavy (non-hydrogen) atoms. The van der Waals surface area contributed by atoms with Gasteiger partial charge < -0.3 is 24.3 Å². The molecule has 2 heterocycles. The van der Waals surface area contributed by atoms with Gasteiger partial charge in [0.25, 0.3) is 0 Å². The number of aromatic nitrogens is 1. The predicted octanol–water partition coefficient (Wildman–Crippen LogP) is 5.62. The molecular weight excluding hydrogens is 436 g/mol. The van der Waals surface area contributed by atoms with Crippen LogP contribution < -0.4 is 5.32 Å². The Morgan fingerprint density at radius 1 is 0.824 bits per heavy atom.